The summed E-state index contributed by atoms with van der Waals surface area (Å²) in [6, 6.07) is 5.32. The van der Waals surface area contributed by atoms with Crippen molar-refractivity contribution in [1.29, 1.82) is 0 Å². The predicted octanol–water partition coefficient (Wildman–Crippen LogP) is 3.38. The number of alkyl halides is 5. The zero-order valence-corrected chi connectivity index (χ0v) is 11.0. The van der Waals surface area contributed by atoms with E-state index >= 15 is 0 Å². The third-order valence-electron chi connectivity index (χ3n) is 3.12. The van der Waals surface area contributed by atoms with Gasteiger partial charge in [0.2, 0.25) is 0 Å². The zero-order valence-electron chi connectivity index (χ0n) is 11.0. The van der Waals surface area contributed by atoms with Crippen molar-refractivity contribution in [3.05, 3.63) is 24.3 Å². The van der Waals surface area contributed by atoms with Crippen LogP contribution in [-0.2, 0) is 0 Å². The minimum Gasteiger partial charge on any atom is -0.426 e. The van der Waals surface area contributed by atoms with Crippen molar-refractivity contribution in [1.82, 2.24) is 5.32 Å². The summed E-state index contributed by atoms with van der Waals surface area (Å²) in [7, 11) is 0. The van der Waals surface area contributed by atoms with E-state index in [1.807, 2.05) is 0 Å². The van der Waals surface area contributed by atoms with Gasteiger partial charge in [0, 0.05) is 17.8 Å². The van der Waals surface area contributed by atoms with Crippen molar-refractivity contribution in [2.24, 2.45) is 0 Å². The summed E-state index contributed by atoms with van der Waals surface area (Å²) >= 11 is 0. The fraction of sp³-hybridized carbons (Fsp3) is 0.538. The molecule has 3 nitrogen and oxygen atoms in total. The van der Waals surface area contributed by atoms with Crippen molar-refractivity contribution < 1.29 is 26.7 Å². The van der Waals surface area contributed by atoms with Crippen LogP contribution in [0.2, 0.25) is 0 Å². The molecule has 1 aromatic carbocycles. The second-order valence-electron chi connectivity index (χ2n) is 4.81. The lowest BCUT2D eigenvalue weighted by molar-refractivity contribution is -0.360. The summed E-state index contributed by atoms with van der Waals surface area (Å²) in [6.07, 6.45) is -9.25. The van der Waals surface area contributed by atoms with Crippen LogP contribution in [0.25, 0.3) is 0 Å². The molecular weight excluding hydrogens is 295 g/mol. The molecule has 1 aliphatic rings. The predicted molar refractivity (Wildman–Crippen MR) is 67.6 cm³/mol. The monoisotopic (exact) mass is 310 g/mol. The standard InChI is InChI=1S/C13H15F5N2O/c14-12(15,16)13(17,18)21-11-3-1-2-10(8-11)20-9-4-6-19-7-5-9/h1-3,8-9,19-20H,4-7H2. The van der Waals surface area contributed by atoms with Gasteiger partial charge in [-0.15, -0.1) is 0 Å². The summed E-state index contributed by atoms with van der Waals surface area (Å²) in [5.41, 5.74) is 0.456. The lowest BCUT2D eigenvalue weighted by atomic mass is 10.1. The molecule has 0 amide bonds. The first-order chi connectivity index (χ1) is 9.78. The van der Waals surface area contributed by atoms with Gasteiger partial charge in [0.05, 0.1) is 0 Å². The van der Waals surface area contributed by atoms with E-state index < -0.39 is 18.0 Å². The van der Waals surface area contributed by atoms with Crippen LogP contribution in [0.3, 0.4) is 0 Å². The lowest BCUT2D eigenvalue weighted by Gasteiger charge is -2.25. The number of benzene rings is 1. The van der Waals surface area contributed by atoms with E-state index in [2.05, 4.69) is 15.4 Å². The maximum atomic E-state index is 12.8. The number of hydrogen-bond acceptors (Lipinski definition) is 3. The van der Waals surface area contributed by atoms with Gasteiger partial charge in [-0.1, -0.05) is 6.07 Å². The molecule has 1 aliphatic heterocycles. The third-order valence-corrected chi connectivity index (χ3v) is 3.12. The average Bonchev–Trinajstić information content (AvgIpc) is 2.38. The van der Waals surface area contributed by atoms with Crippen molar-refractivity contribution in [3.63, 3.8) is 0 Å². The molecule has 0 aliphatic carbocycles. The molecule has 1 fully saturated rings. The van der Waals surface area contributed by atoms with Crippen LogP contribution in [0.1, 0.15) is 12.8 Å². The first-order valence-corrected chi connectivity index (χ1v) is 6.49. The molecule has 1 aromatic rings. The van der Waals surface area contributed by atoms with E-state index in [1.165, 1.54) is 6.07 Å². The van der Waals surface area contributed by atoms with Gasteiger partial charge in [-0.05, 0) is 38.1 Å². The van der Waals surface area contributed by atoms with Crippen LogP contribution in [-0.4, -0.2) is 31.4 Å². The smallest absolute Gasteiger partial charge is 0.426 e. The highest BCUT2D eigenvalue weighted by molar-refractivity contribution is 5.49. The molecule has 1 saturated heterocycles. The summed E-state index contributed by atoms with van der Waals surface area (Å²) < 4.78 is 65.7. The van der Waals surface area contributed by atoms with Gasteiger partial charge in [-0.25, -0.2) is 0 Å². The fourth-order valence-corrected chi connectivity index (χ4v) is 2.06. The Morgan fingerprint density at radius 3 is 2.38 bits per heavy atom. The molecule has 0 atom stereocenters. The fourth-order valence-electron chi connectivity index (χ4n) is 2.06. The molecule has 118 valence electrons. The maximum Gasteiger partial charge on any atom is 0.499 e. The quantitative estimate of drug-likeness (QED) is 0.837. The summed E-state index contributed by atoms with van der Waals surface area (Å²) in [5.74, 6) is -0.531. The summed E-state index contributed by atoms with van der Waals surface area (Å²) in [5, 5.41) is 6.27. The van der Waals surface area contributed by atoms with E-state index in [0.29, 0.717) is 5.69 Å². The Balaban J connectivity index is 2.03. The molecule has 0 saturated carbocycles. The maximum absolute atomic E-state index is 12.8. The van der Waals surface area contributed by atoms with Crippen LogP contribution in [0.15, 0.2) is 24.3 Å². The summed E-state index contributed by atoms with van der Waals surface area (Å²) in [6.45, 7) is 1.67. The van der Waals surface area contributed by atoms with Crippen LogP contribution in [0.4, 0.5) is 27.6 Å². The molecule has 0 unspecified atom stereocenters. The molecule has 21 heavy (non-hydrogen) atoms. The van der Waals surface area contributed by atoms with E-state index in [9.17, 15) is 22.0 Å². The Bertz CT molecular complexity index is 472. The normalized spacial score (nSPS) is 17.6. The SMILES string of the molecule is FC(F)(F)C(F)(F)Oc1cccc(NC2CCNCC2)c1. The van der Waals surface area contributed by atoms with E-state index in [0.717, 1.165) is 38.1 Å². The Morgan fingerprint density at radius 1 is 1.10 bits per heavy atom. The van der Waals surface area contributed by atoms with Gasteiger partial charge in [0.15, 0.2) is 0 Å². The number of hydrogen-bond donors (Lipinski definition) is 2. The molecule has 1 heterocycles. The Kier molecular flexibility index (Phi) is 4.55. The first kappa shape index (κ1) is 15.8. The Labute approximate surface area is 118 Å². The minimum atomic E-state index is -5.74. The molecular formula is C13H15F5N2O. The van der Waals surface area contributed by atoms with Crippen molar-refractivity contribution in [3.8, 4) is 5.75 Å². The average molecular weight is 310 g/mol. The van der Waals surface area contributed by atoms with Gasteiger partial charge < -0.3 is 15.4 Å². The molecule has 0 aromatic heterocycles. The van der Waals surface area contributed by atoms with Crippen LogP contribution >= 0.6 is 0 Å². The van der Waals surface area contributed by atoms with Crippen molar-refractivity contribution >= 4 is 5.69 Å². The minimum absolute atomic E-state index is 0.157. The van der Waals surface area contributed by atoms with E-state index in [4.69, 9.17) is 0 Å². The van der Waals surface area contributed by atoms with Crippen molar-refractivity contribution in [2.45, 2.75) is 31.2 Å². The Hall–Kier alpha value is -1.57. The topological polar surface area (TPSA) is 33.3 Å². The second-order valence-corrected chi connectivity index (χ2v) is 4.81. The largest absolute Gasteiger partial charge is 0.499 e. The van der Waals surface area contributed by atoms with Crippen molar-refractivity contribution in [2.75, 3.05) is 18.4 Å². The first-order valence-electron chi connectivity index (χ1n) is 6.49. The highest BCUT2D eigenvalue weighted by Crippen LogP contribution is 2.37. The Morgan fingerprint density at radius 2 is 1.76 bits per heavy atom. The van der Waals surface area contributed by atoms with Crippen LogP contribution in [0, 0.1) is 0 Å². The molecule has 0 radical (unpaired) electrons. The number of nitrogens with one attached hydrogen (secondary N) is 2. The van der Waals surface area contributed by atoms with Crippen LogP contribution in [0.5, 0.6) is 5.75 Å². The number of rotatable bonds is 4. The highest BCUT2D eigenvalue weighted by atomic mass is 19.4. The summed E-state index contributed by atoms with van der Waals surface area (Å²) in [4.78, 5) is 0. The number of halogens is 5. The highest BCUT2D eigenvalue weighted by Gasteiger charge is 2.61. The van der Waals surface area contributed by atoms with E-state index in [1.54, 1.807) is 6.07 Å². The molecule has 0 spiro atoms. The number of ether oxygens (including phenoxy) is 1. The molecule has 8 heteroatoms. The lowest BCUT2D eigenvalue weighted by Crippen LogP contribution is -2.41. The number of piperidine rings is 1. The van der Waals surface area contributed by atoms with Gasteiger partial charge >= 0.3 is 12.3 Å². The molecule has 2 rings (SSSR count). The van der Waals surface area contributed by atoms with Gasteiger partial charge in [0.1, 0.15) is 5.75 Å². The van der Waals surface area contributed by atoms with E-state index in [-0.39, 0.29) is 6.04 Å². The van der Waals surface area contributed by atoms with Gasteiger partial charge in [-0.3, -0.25) is 0 Å². The van der Waals surface area contributed by atoms with Crippen LogP contribution < -0.4 is 15.4 Å². The zero-order chi connectivity index (χ0) is 15.5. The van der Waals surface area contributed by atoms with Gasteiger partial charge in [-0.2, -0.15) is 22.0 Å². The third kappa shape index (κ3) is 4.20. The molecule has 0 bridgehead atoms. The molecule has 2 N–H and O–H groups in total. The second kappa shape index (κ2) is 6.05. The number of anilines is 1. The van der Waals surface area contributed by atoms with Gasteiger partial charge in [0.25, 0.3) is 0 Å².